The molecule has 0 aliphatic carbocycles. The van der Waals surface area contributed by atoms with Crippen LogP contribution in [0.25, 0.3) is 0 Å². The number of likely N-dealkylation sites (tertiary alicyclic amines) is 1. The minimum Gasteiger partial charge on any atom is -0.380 e. The molecule has 2 aliphatic rings. The lowest BCUT2D eigenvalue weighted by molar-refractivity contribution is -0.141. The molecule has 0 aromatic heterocycles. The number of rotatable bonds is 2. The molecular formula is C11H20N2O3. The normalized spacial score (nSPS) is 39.3. The van der Waals surface area contributed by atoms with Gasteiger partial charge in [-0.05, 0) is 13.3 Å². The first-order valence-corrected chi connectivity index (χ1v) is 5.73. The summed E-state index contributed by atoms with van der Waals surface area (Å²) in [5.41, 5.74) is 5.39. The Morgan fingerprint density at radius 2 is 2.38 bits per heavy atom. The summed E-state index contributed by atoms with van der Waals surface area (Å²) in [6.07, 6.45) is 1.08. The Morgan fingerprint density at radius 3 is 2.88 bits per heavy atom. The molecule has 0 spiro atoms. The molecule has 3 unspecified atom stereocenters. The van der Waals surface area contributed by atoms with Crippen molar-refractivity contribution in [1.29, 1.82) is 0 Å². The van der Waals surface area contributed by atoms with Gasteiger partial charge in [-0.15, -0.1) is 0 Å². The van der Waals surface area contributed by atoms with Crippen LogP contribution in [0.5, 0.6) is 0 Å². The molecule has 2 heterocycles. The Labute approximate surface area is 95.9 Å². The van der Waals surface area contributed by atoms with Crippen molar-refractivity contribution >= 4 is 5.91 Å². The Morgan fingerprint density at radius 1 is 1.62 bits per heavy atom. The molecule has 0 aromatic rings. The van der Waals surface area contributed by atoms with E-state index in [1.54, 1.807) is 7.11 Å². The molecule has 2 saturated heterocycles. The number of carbonyl (C=O) groups is 1. The van der Waals surface area contributed by atoms with Crippen LogP contribution >= 0.6 is 0 Å². The van der Waals surface area contributed by atoms with Crippen LogP contribution in [0.2, 0.25) is 0 Å². The van der Waals surface area contributed by atoms with Gasteiger partial charge in [0.05, 0.1) is 24.7 Å². The van der Waals surface area contributed by atoms with E-state index < -0.39 is 5.41 Å². The smallest absolute Gasteiger partial charge is 0.232 e. The molecule has 16 heavy (non-hydrogen) atoms. The fraction of sp³-hybridized carbons (Fsp3) is 0.909. The van der Waals surface area contributed by atoms with Gasteiger partial charge in [-0.25, -0.2) is 0 Å². The maximum absolute atomic E-state index is 12.4. The third-order valence-corrected chi connectivity index (χ3v) is 3.77. The zero-order chi connectivity index (χ0) is 11.8. The SMILES string of the molecule is COC1CCN(C(=O)C2(C)COCC2N)C1. The molecule has 5 nitrogen and oxygen atoms in total. The first kappa shape index (κ1) is 11.8. The highest BCUT2D eigenvalue weighted by atomic mass is 16.5. The standard InChI is InChI=1S/C11H20N2O3/c1-11(7-16-6-9(11)12)10(14)13-4-3-8(5-13)15-2/h8-9H,3-7,12H2,1-2H3. The molecule has 0 saturated carbocycles. The summed E-state index contributed by atoms with van der Waals surface area (Å²) in [5, 5.41) is 0. The van der Waals surface area contributed by atoms with Crippen LogP contribution in [-0.4, -0.2) is 56.4 Å². The van der Waals surface area contributed by atoms with Gasteiger partial charge in [-0.1, -0.05) is 0 Å². The van der Waals surface area contributed by atoms with E-state index in [1.165, 1.54) is 0 Å². The van der Waals surface area contributed by atoms with E-state index >= 15 is 0 Å². The summed E-state index contributed by atoms with van der Waals surface area (Å²) >= 11 is 0. The number of hydrogen-bond acceptors (Lipinski definition) is 4. The van der Waals surface area contributed by atoms with Crippen molar-refractivity contribution in [2.24, 2.45) is 11.1 Å². The quantitative estimate of drug-likeness (QED) is 0.698. The molecule has 2 N–H and O–H groups in total. The molecule has 1 amide bonds. The third-order valence-electron chi connectivity index (χ3n) is 3.77. The first-order chi connectivity index (χ1) is 7.58. The molecule has 0 aromatic carbocycles. The van der Waals surface area contributed by atoms with Crippen molar-refractivity contribution < 1.29 is 14.3 Å². The highest BCUT2D eigenvalue weighted by molar-refractivity contribution is 5.84. The second-order valence-corrected chi connectivity index (χ2v) is 4.94. The lowest BCUT2D eigenvalue weighted by Crippen LogP contribution is -2.51. The minimum absolute atomic E-state index is 0.108. The maximum atomic E-state index is 12.4. The van der Waals surface area contributed by atoms with Crippen molar-refractivity contribution in [3.63, 3.8) is 0 Å². The Bertz CT molecular complexity index is 284. The largest absolute Gasteiger partial charge is 0.380 e. The molecule has 92 valence electrons. The van der Waals surface area contributed by atoms with Crippen LogP contribution in [0, 0.1) is 5.41 Å². The highest BCUT2D eigenvalue weighted by Gasteiger charge is 2.47. The van der Waals surface area contributed by atoms with Crippen LogP contribution in [0.3, 0.4) is 0 Å². The van der Waals surface area contributed by atoms with Gasteiger partial charge < -0.3 is 20.1 Å². The van der Waals surface area contributed by atoms with Gasteiger partial charge in [-0.3, -0.25) is 4.79 Å². The average molecular weight is 228 g/mol. The lowest BCUT2D eigenvalue weighted by Gasteiger charge is -2.30. The molecule has 2 fully saturated rings. The number of amides is 1. The summed E-state index contributed by atoms with van der Waals surface area (Å²) in [5.74, 6) is 0.108. The van der Waals surface area contributed by atoms with E-state index in [0.717, 1.165) is 13.0 Å². The summed E-state index contributed by atoms with van der Waals surface area (Å²) < 4.78 is 10.6. The topological polar surface area (TPSA) is 64.8 Å². The van der Waals surface area contributed by atoms with Crippen molar-refractivity contribution in [1.82, 2.24) is 4.90 Å². The van der Waals surface area contributed by atoms with Crippen LogP contribution in [0.15, 0.2) is 0 Å². The molecule has 3 atom stereocenters. The van der Waals surface area contributed by atoms with Gasteiger partial charge in [0.1, 0.15) is 0 Å². The van der Waals surface area contributed by atoms with E-state index in [-0.39, 0.29) is 18.1 Å². The van der Waals surface area contributed by atoms with Gasteiger partial charge in [0, 0.05) is 26.2 Å². The van der Waals surface area contributed by atoms with E-state index in [2.05, 4.69) is 0 Å². The molecular weight excluding hydrogens is 208 g/mol. The third kappa shape index (κ3) is 1.83. The number of nitrogens with two attached hydrogens (primary N) is 1. The van der Waals surface area contributed by atoms with Crippen LogP contribution in [0.4, 0.5) is 0 Å². The van der Waals surface area contributed by atoms with E-state index in [0.29, 0.717) is 19.8 Å². The van der Waals surface area contributed by atoms with E-state index in [4.69, 9.17) is 15.2 Å². The van der Waals surface area contributed by atoms with Crippen LogP contribution < -0.4 is 5.73 Å². The summed E-state index contributed by atoms with van der Waals surface area (Å²) in [6, 6.07) is -0.193. The van der Waals surface area contributed by atoms with E-state index in [9.17, 15) is 4.79 Å². The fourth-order valence-corrected chi connectivity index (χ4v) is 2.38. The average Bonchev–Trinajstić information content (AvgIpc) is 2.86. The van der Waals surface area contributed by atoms with Gasteiger partial charge in [-0.2, -0.15) is 0 Å². The predicted octanol–water partition coefficient (Wildman–Crippen LogP) is -0.402. The molecule has 0 radical (unpaired) electrons. The highest BCUT2D eigenvalue weighted by Crippen LogP contribution is 2.31. The fourth-order valence-electron chi connectivity index (χ4n) is 2.38. The number of ether oxygens (including phenoxy) is 2. The van der Waals surface area contributed by atoms with Gasteiger partial charge in [0.25, 0.3) is 0 Å². The zero-order valence-corrected chi connectivity index (χ0v) is 9.94. The Kier molecular flexibility index (Phi) is 3.19. The first-order valence-electron chi connectivity index (χ1n) is 5.73. The van der Waals surface area contributed by atoms with Crippen molar-refractivity contribution in [2.75, 3.05) is 33.4 Å². The van der Waals surface area contributed by atoms with Crippen molar-refractivity contribution in [3.8, 4) is 0 Å². The summed E-state index contributed by atoms with van der Waals surface area (Å²) in [4.78, 5) is 14.2. The number of carbonyl (C=O) groups excluding carboxylic acids is 1. The monoisotopic (exact) mass is 228 g/mol. The number of hydrogen-bond donors (Lipinski definition) is 1. The van der Waals surface area contributed by atoms with Crippen molar-refractivity contribution in [3.05, 3.63) is 0 Å². The molecule has 2 aliphatic heterocycles. The molecule has 5 heteroatoms. The van der Waals surface area contributed by atoms with Gasteiger partial charge >= 0.3 is 0 Å². The van der Waals surface area contributed by atoms with Gasteiger partial charge in [0.2, 0.25) is 5.91 Å². The Balaban J connectivity index is 2.02. The van der Waals surface area contributed by atoms with Gasteiger partial charge in [0.15, 0.2) is 0 Å². The summed E-state index contributed by atoms with van der Waals surface area (Å²) in [6.45, 7) is 4.25. The Hall–Kier alpha value is -0.650. The van der Waals surface area contributed by atoms with Crippen LogP contribution in [0.1, 0.15) is 13.3 Å². The maximum Gasteiger partial charge on any atom is 0.232 e. The predicted molar refractivity (Wildman–Crippen MR) is 58.9 cm³/mol. The second kappa shape index (κ2) is 4.31. The summed E-state index contributed by atoms with van der Waals surface area (Å²) in [7, 11) is 1.69. The minimum atomic E-state index is -0.553. The molecule has 2 rings (SSSR count). The van der Waals surface area contributed by atoms with Crippen molar-refractivity contribution in [2.45, 2.75) is 25.5 Å². The lowest BCUT2D eigenvalue weighted by atomic mass is 9.84. The number of methoxy groups -OCH3 is 1. The second-order valence-electron chi connectivity index (χ2n) is 4.94. The molecule has 0 bridgehead atoms. The van der Waals surface area contributed by atoms with E-state index in [1.807, 2.05) is 11.8 Å². The zero-order valence-electron chi connectivity index (χ0n) is 9.94. The number of nitrogens with zero attached hydrogens (tertiary/aromatic N) is 1. The van der Waals surface area contributed by atoms with Crippen LogP contribution in [-0.2, 0) is 14.3 Å².